The Bertz CT molecular complexity index is 484. The average Bonchev–Trinajstić information content (AvgIpc) is 2.35. The van der Waals surface area contributed by atoms with Crippen LogP contribution in [-0.4, -0.2) is 18.5 Å². The topological polar surface area (TPSA) is 41.1 Å². The molecule has 1 aromatic carbocycles. The fraction of sp³-hybridized carbons (Fsp3) is 0.533. The molecule has 0 bridgehead atoms. The molecule has 0 fully saturated rings. The Hall–Kier alpha value is -1.56. The van der Waals surface area contributed by atoms with E-state index in [-0.39, 0.29) is 23.6 Å². The zero-order valence-electron chi connectivity index (χ0n) is 12.5. The molecule has 2 N–H and O–H groups in total. The Kier molecular flexibility index (Phi) is 6.20. The molecule has 3 nitrogen and oxygen atoms in total. The minimum absolute atomic E-state index is 0.140. The Morgan fingerprint density at radius 3 is 2.52 bits per heavy atom. The molecular weight excluding hydrogens is 281 g/mol. The number of carbonyl (C=O) groups is 1. The number of nitrogens with one attached hydrogen (secondary N) is 2. The predicted molar refractivity (Wildman–Crippen MR) is 77.2 cm³/mol. The van der Waals surface area contributed by atoms with Crippen molar-refractivity contribution in [1.29, 1.82) is 0 Å². The number of benzene rings is 1. The molecule has 118 valence electrons. The summed E-state index contributed by atoms with van der Waals surface area (Å²) in [6, 6.07) is 4.16. The van der Waals surface area contributed by atoms with Gasteiger partial charge in [0.05, 0.1) is 5.56 Å². The normalized spacial score (nSPS) is 11.8. The summed E-state index contributed by atoms with van der Waals surface area (Å²) in [5, 5.41) is 5.68. The van der Waals surface area contributed by atoms with E-state index in [1.165, 1.54) is 19.1 Å². The number of carbonyl (C=O) groups excluding carboxylic acids is 1. The molecule has 0 spiro atoms. The molecule has 0 heterocycles. The van der Waals surface area contributed by atoms with Gasteiger partial charge in [0.15, 0.2) is 0 Å². The first-order valence-corrected chi connectivity index (χ1v) is 6.91. The van der Waals surface area contributed by atoms with Gasteiger partial charge in [-0.15, -0.1) is 0 Å². The second-order valence-corrected chi connectivity index (χ2v) is 5.29. The second-order valence-electron chi connectivity index (χ2n) is 5.29. The summed E-state index contributed by atoms with van der Waals surface area (Å²) in [4.78, 5) is 11.7. The van der Waals surface area contributed by atoms with E-state index >= 15 is 0 Å². The highest BCUT2D eigenvalue weighted by Crippen LogP contribution is 2.33. The predicted octanol–water partition coefficient (Wildman–Crippen LogP) is 3.73. The lowest BCUT2D eigenvalue weighted by Crippen LogP contribution is -2.24. The molecule has 0 atom stereocenters. The van der Waals surface area contributed by atoms with Gasteiger partial charge >= 0.3 is 6.18 Å². The second kappa shape index (κ2) is 7.45. The lowest BCUT2D eigenvalue weighted by Gasteiger charge is -2.13. The van der Waals surface area contributed by atoms with Crippen LogP contribution in [0.25, 0.3) is 0 Å². The molecule has 0 aliphatic carbocycles. The number of rotatable bonds is 6. The number of halogens is 3. The molecule has 6 heteroatoms. The van der Waals surface area contributed by atoms with Crippen molar-refractivity contribution in [2.24, 2.45) is 0 Å². The third kappa shape index (κ3) is 6.16. The molecular formula is C15H21F3N2O. The fourth-order valence-corrected chi connectivity index (χ4v) is 1.87. The molecule has 0 aliphatic rings. The van der Waals surface area contributed by atoms with Crippen molar-refractivity contribution in [3.8, 4) is 0 Å². The molecule has 1 rings (SSSR count). The van der Waals surface area contributed by atoms with E-state index in [1.807, 2.05) is 13.8 Å². The van der Waals surface area contributed by atoms with E-state index in [2.05, 4.69) is 10.6 Å². The number of anilines is 1. The average molecular weight is 302 g/mol. The quantitative estimate of drug-likeness (QED) is 0.786. The van der Waals surface area contributed by atoms with Gasteiger partial charge in [0.2, 0.25) is 5.91 Å². The van der Waals surface area contributed by atoms with Gasteiger partial charge in [-0.1, -0.05) is 19.9 Å². The van der Waals surface area contributed by atoms with Crippen LogP contribution in [0.2, 0.25) is 0 Å². The number of amides is 1. The van der Waals surface area contributed by atoms with Crippen molar-refractivity contribution >= 4 is 11.6 Å². The van der Waals surface area contributed by atoms with Crippen LogP contribution in [0.1, 0.15) is 37.8 Å². The van der Waals surface area contributed by atoms with Gasteiger partial charge in [-0.05, 0) is 37.6 Å². The number of aryl methyl sites for hydroxylation is 1. The highest BCUT2D eigenvalue weighted by atomic mass is 19.4. The maximum absolute atomic E-state index is 12.8. The van der Waals surface area contributed by atoms with Gasteiger partial charge in [0, 0.05) is 18.2 Å². The largest absolute Gasteiger partial charge is 0.416 e. The van der Waals surface area contributed by atoms with E-state index in [0.717, 1.165) is 6.07 Å². The third-order valence-corrected chi connectivity index (χ3v) is 2.96. The number of alkyl halides is 3. The standard InChI is InChI=1S/C15H21F3N2O/c1-10(2)19-8-4-5-14(21)20-12-7-6-11(3)13(9-12)15(16,17)18/h6-7,9-10,19H,4-5,8H2,1-3H3,(H,20,21). The van der Waals surface area contributed by atoms with Crippen LogP contribution in [0, 0.1) is 6.92 Å². The zero-order valence-corrected chi connectivity index (χ0v) is 12.5. The Morgan fingerprint density at radius 2 is 1.95 bits per heavy atom. The summed E-state index contributed by atoms with van der Waals surface area (Å²) in [5.41, 5.74) is -0.404. The molecule has 1 aromatic rings. The zero-order chi connectivity index (χ0) is 16.0. The van der Waals surface area contributed by atoms with Gasteiger partial charge in [0.1, 0.15) is 0 Å². The van der Waals surface area contributed by atoms with E-state index in [4.69, 9.17) is 0 Å². The molecule has 0 saturated carbocycles. The van der Waals surface area contributed by atoms with Crippen molar-refractivity contribution < 1.29 is 18.0 Å². The van der Waals surface area contributed by atoms with Gasteiger partial charge < -0.3 is 10.6 Å². The van der Waals surface area contributed by atoms with Crippen molar-refractivity contribution in [1.82, 2.24) is 5.32 Å². The van der Waals surface area contributed by atoms with Gasteiger partial charge in [0.25, 0.3) is 0 Å². The third-order valence-electron chi connectivity index (χ3n) is 2.96. The maximum Gasteiger partial charge on any atom is 0.416 e. The van der Waals surface area contributed by atoms with Crippen molar-refractivity contribution in [3.63, 3.8) is 0 Å². The van der Waals surface area contributed by atoms with Crippen LogP contribution in [-0.2, 0) is 11.0 Å². The van der Waals surface area contributed by atoms with Crippen molar-refractivity contribution in [2.75, 3.05) is 11.9 Å². The summed E-state index contributed by atoms with van der Waals surface area (Å²) in [6.45, 7) is 6.11. The first-order valence-electron chi connectivity index (χ1n) is 6.91. The van der Waals surface area contributed by atoms with Crippen LogP contribution in [0.15, 0.2) is 18.2 Å². The molecule has 0 unspecified atom stereocenters. The summed E-state index contributed by atoms with van der Waals surface area (Å²) in [7, 11) is 0. The lowest BCUT2D eigenvalue weighted by atomic mass is 10.1. The number of hydrogen-bond acceptors (Lipinski definition) is 2. The monoisotopic (exact) mass is 302 g/mol. The Balaban J connectivity index is 2.57. The van der Waals surface area contributed by atoms with Crippen LogP contribution < -0.4 is 10.6 Å². The molecule has 1 amide bonds. The Morgan fingerprint density at radius 1 is 1.29 bits per heavy atom. The van der Waals surface area contributed by atoms with Gasteiger partial charge in [-0.3, -0.25) is 4.79 Å². The van der Waals surface area contributed by atoms with Gasteiger partial charge in [-0.2, -0.15) is 13.2 Å². The maximum atomic E-state index is 12.8. The highest BCUT2D eigenvalue weighted by Gasteiger charge is 2.32. The van der Waals surface area contributed by atoms with E-state index in [1.54, 1.807) is 0 Å². The van der Waals surface area contributed by atoms with Crippen molar-refractivity contribution in [2.45, 2.75) is 45.8 Å². The van der Waals surface area contributed by atoms with E-state index in [0.29, 0.717) is 19.0 Å². The van der Waals surface area contributed by atoms with Gasteiger partial charge in [-0.25, -0.2) is 0 Å². The molecule has 21 heavy (non-hydrogen) atoms. The van der Waals surface area contributed by atoms with Crippen LogP contribution in [0.5, 0.6) is 0 Å². The molecule has 0 saturated heterocycles. The minimum Gasteiger partial charge on any atom is -0.326 e. The summed E-state index contributed by atoms with van der Waals surface area (Å²) in [5.74, 6) is -0.280. The van der Waals surface area contributed by atoms with Crippen LogP contribution in [0.3, 0.4) is 0 Å². The first kappa shape index (κ1) is 17.5. The smallest absolute Gasteiger partial charge is 0.326 e. The van der Waals surface area contributed by atoms with E-state index in [9.17, 15) is 18.0 Å². The molecule has 0 aromatic heterocycles. The fourth-order valence-electron chi connectivity index (χ4n) is 1.87. The summed E-state index contributed by atoms with van der Waals surface area (Å²) < 4.78 is 38.3. The van der Waals surface area contributed by atoms with Crippen molar-refractivity contribution in [3.05, 3.63) is 29.3 Å². The SMILES string of the molecule is Cc1ccc(NC(=O)CCCNC(C)C)cc1C(F)(F)F. The molecule has 0 aliphatic heterocycles. The van der Waals surface area contributed by atoms with E-state index < -0.39 is 11.7 Å². The van der Waals surface area contributed by atoms with Crippen LogP contribution >= 0.6 is 0 Å². The number of hydrogen-bond donors (Lipinski definition) is 2. The molecule has 0 radical (unpaired) electrons. The summed E-state index contributed by atoms with van der Waals surface area (Å²) in [6.07, 6.45) is -3.50. The first-order chi connectivity index (χ1) is 9.70. The Labute approximate surface area is 122 Å². The highest BCUT2D eigenvalue weighted by molar-refractivity contribution is 5.90. The summed E-state index contributed by atoms with van der Waals surface area (Å²) >= 11 is 0. The van der Waals surface area contributed by atoms with Crippen LogP contribution in [0.4, 0.5) is 18.9 Å². The lowest BCUT2D eigenvalue weighted by molar-refractivity contribution is -0.138. The minimum atomic E-state index is -4.41.